The number of rotatable bonds is 9. The van der Waals surface area contributed by atoms with Crippen LogP contribution >= 0.6 is 46.4 Å². The van der Waals surface area contributed by atoms with Gasteiger partial charge in [0.1, 0.15) is 6.04 Å². The van der Waals surface area contributed by atoms with Crippen LogP contribution in [0, 0.1) is 0 Å². The molecule has 0 fully saturated rings. The topological polar surface area (TPSA) is 49.4 Å². The molecule has 0 bridgehead atoms. The fourth-order valence-electron chi connectivity index (χ4n) is 3.07. The molecule has 0 saturated carbocycles. The molecular weight excluding hydrogens is 466 g/mol. The van der Waals surface area contributed by atoms with Gasteiger partial charge in [-0.2, -0.15) is 0 Å². The van der Waals surface area contributed by atoms with Crippen molar-refractivity contribution in [1.82, 2.24) is 10.2 Å². The van der Waals surface area contributed by atoms with E-state index in [1.807, 2.05) is 13.8 Å². The average Bonchev–Trinajstić information content (AvgIpc) is 2.70. The Morgan fingerprint density at radius 1 is 1.00 bits per heavy atom. The Balaban J connectivity index is 2.38. The molecule has 0 unspecified atom stereocenters. The Bertz CT molecular complexity index is 884. The van der Waals surface area contributed by atoms with Gasteiger partial charge in [0.05, 0.1) is 6.42 Å². The van der Waals surface area contributed by atoms with E-state index in [0.29, 0.717) is 44.2 Å². The number of carbonyl (C=O) groups is 2. The Kier molecular flexibility index (Phi) is 9.76. The molecule has 0 aliphatic carbocycles. The number of nitrogens with one attached hydrogen (secondary N) is 1. The summed E-state index contributed by atoms with van der Waals surface area (Å²) in [6.45, 7) is 4.53. The maximum atomic E-state index is 13.3. The predicted molar refractivity (Wildman–Crippen MR) is 125 cm³/mol. The van der Waals surface area contributed by atoms with E-state index in [0.717, 1.165) is 6.42 Å². The minimum Gasteiger partial charge on any atom is -0.354 e. The zero-order valence-corrected chi connectivity index (χ0v) is 19.9. The third-order valence-electron chi connectivity index (χ3n) is 4.68. The molecule has 2 aromatic rings. The molecule has 1 N–H and O–H groups in total. The van der Waals surface area contributed by atoms with Crippen molar-refractivity contribution in [2.24, 2.45) is 0 Å². The van der Waals surface area contributed by atoms with Crippen molar-refractivity contribution in [2.75, 3.05) is 6.54 Å². The van der Waals surface area contributed by atoms with E-state index in [2.05, 4.69) is 5.32 Å². The third kappa shape index (κ3) is 6.52. The number of hydrogen-bond acceptors (Lipinski definition) is 2. The Morgan fingerprint density at radius 3 is 2.23 bits per heavy atom. The number of nitrogens with zero attached hydrogens (tertiary/aromatic N) is 1. The second kappa shape index (κ2) is 11.8. The molecule has 0 aliphatic heterocycles. The molecule has 0 heterocycles. The van der Waals surface area contributed by atoms with Gasteiger partial charge in [-0.1, -0.05) is 72.4 Å². The van der Waals surface area contributed by atoms with Crippen molar-refractivity contribution in [2.45, 2.75) is 45.7 Å². The maximum absolute atomic E-state index is 13.3. The first kappa shape index (κ1) is 24.8. The van der Waals surface area contributed by atoms with Crippen molar-refractivity contribution >= 4 is 58.2 Å². The molecular formula is C22H24Cl4N2O2. The first-order valence-electron chi connectivity index (χ1n) is 9.72. The lowest BCUT2D eigenvalue weighted by atomic mass is 10.1. The first-order chi connectivity index (χ1) is 14.3. The second-order valence-electron chi connectivity index (χ2n) is 6.85. The van der Waals surface area contributed by atoms with Crippen LogP contribution in [0.1, 0.15) is 37.8 Å². The van der Waals surface area contributed by atoms with Gasteiger partial charge >= 0.3 is 0 Å². The number of benzene rings is 2. The highest BCUT2D eigenvalue weighted by Gasteiger charge is 2.29. The summed E-state index contributed by atoms with van der Waals surface area (Å²) in [5, 5.41) is 4.62. The highest BCUT2D eigenvalue weighted by atomic mass is 35.5. The van der Waals surface area contributed by atoms with Crippen LogP contribution in [0.5, 0.6) is 0 Å². The lowest BCUT2D eigenvalue weighted by Gasteiger charge is -2.31. The van der Waals surface area contributed by atoms with Gasteiger partial charge < -0.3 is 10.2 Å². The molecule has 4 nitrogen and oxygen atoms in total. The fourth-order valence-corrected chi connectivity index (χ4v) is 4.07. The van der Waals surface area contributed by atoms with E-state index in [1.165, 1.54) is 4.90 Å². The van der Waals surface area contributed by atoms with Crippen molar-refractivity contribution < 1.29 is 9.59 Å². The molecule has 0 aromatic heterocycles. The van der Waals surface area contributed by atoms with Crippen LogP contribution in [0.2, 0.25) is 20.1 Å². The minimum absolute atomic E-state index is 0.0265. The van der Waals surface area contributed by atoms with Gasteiger partial charge in [-0.15, -0.1) is 0 Å². The van der Waals surface area contributed by atoms with E-state index < -0.39 is 6.04 Å². The van der Waals surface area contributed by atoms with Crippen LogP contribution in [0.4, 0.5) is 0 Å². The molecule has 8 heteroatoms. The zero-order chi connectivity index (χ0) is 22.3. The van der Waals surface area contributed by atoms with Gasteiger partial charge in [0.15, 0.2) is 0 Å². The van der Waals surface area contributed by atoms with E-state index in [1.54, 1.807) is 36.4 Å². The largest absolute Gasteiger partial charge is 0.354 e. The van der Waals surface area contributed by atoms with Crippen molar-refractivity contribution in [1.29, 1.82) is 0 Å². The highest BCUT2D eigenvalue weighted by molar-refractivity contribution is 6.36. The van der Waals surface area contributed by atoms with Crippen LogP contribution in [-0.4, -0.2) is 29.3 Å². The number of hydrogen-bond donors (Lipinski definition) is 1. The van der Waals surface area contributed by atoms with Crippen LogP contribution in [0.3, 0.4) is 0 Å². The van der Waals surface area contributed by atoms with Crippen LogP contribution in [-0.2, 0) is 22.6 Å². The molecule has 0 radical (unpaired) electrons. The quantitative estimate of drug-likeness (QED) is 0.457. The first-order valence-corrected chi connectivity index (χ1v) is 11.2. The molecule has 2 rings (SSSR count). The number of amides is 2. The highest BCUT2D eigenvalue weighted by Crippen LogP contribution is 2.27. The molecule has 30 heavy (non-hydrogen) atoms. The monoisotopic (exact) mass is 488 g/mol. The zero-order valence-electron chi connectivity index (χ0n) is 16.9. The summed E-state index contributed by atoms with van der Waals surface area (Å²) in [7, 11) is 0. The molecule has 0 spiro atoms. The summed E-state index contributed by atoms with van der Waals surface area (Å²) in [6, 6.07) is 9.50. The second-order valence-corrected chi connectivity index (χ2v) is 8.51. The minimum atomic E-state index is -0.656. The standard InChI is InChI=1S/C22H24Cl4N2O2/c1-3-10-27-22(30)20(4-2)28(13-14-8-9-15(23)11-19(14)26)21(29)12-16-17(24)6-5-7-18(16)25/h5-9,11,20H,3-4,10,12-13H2,1-2H3,(H,27,30)/t20-/m0/s1. The summed E-state index contributed by atoms with van der Waals surface area (Å²) in [6.07, 6.45) is 1.22. The predicted octanol–water partition coefficient (Wildman–Crippen LogP) is 6.18. The van der Waals surface area contributed by atoms with E-state index in [-0.39, 0.29) is 24.8 Å². The lowest BCUT2D eigenvalue weighted by Crippen LogP contribution is -2.49. The van der Waals surface area contributed by atoms with Gasteiger partial charge in [-0.25, -0.2) is 0 Å². The third-order valence-corrected chi connectivity index (χ3v) is 5.98. The summed E-state index contributed by atoms with van der Waals surface area (Å²) in [4.78, 5) is 27.6. The summed E-state index contributed by atoms with van der Waals surface area (Å²) in [5.41, 5.74) is 1.23. The molecule has 1 atom stereocenters. The summed E-state index contributed by atoms with van der Waals surface area (Å²) < 4.78 is 0. The molecule has 0 saturated heterocycles. The molecule has 0 aliphatic rings. The summed E-state index contributed by atoms with van der Waals surface area (Å²) in [5.74, 6) is -0.474. The Labute approximate surface area is 197 Å². The van der Waals surface area contributed by atoms with Crippen LogP contribution in [0.25, 0.3) is 0 Å². The van der Waals surface area contributed by atoms with Crippen LogP contribution < -0.4 is 5.32 Å². The van der Waals surface area contributed by atoms with E-state index in [4.69, 9.17) is 46.4 Å². The van der Waals surface area contributed by atoms with Crippen molar-refractivity contribution in [3.05, 3.63) is 67.6 Å². The normalized spacial score (nSPS) is 11.8. The Hall–Kier alpha value is -1.46. The SMILES string of the molecule is CCCNC(=O)[C@H](CC)N(Cc1ccc(Cl)cc1Cl)C(=O)Cc1c(Cl)cccc1Cl. The maximum Gasteiger partial charge on any atom is 0.242 e. The number of halogens is 4. The molecule has 2 amide bonds. The van der Waals surface area contributed by atoms with E-state index in [9.17, 15) is 9.59 Å². The van der Waals surface area contributed by atoms with Crippen LogP contribution in [0.15, 0.2) is 36.4 Å². The smallest absolute Gasteiger partial charge is 0.242 e. The van der Waals surface area contributed by atoms with Gasteiger partial charge in [-0.05, 0) is 48.2 Å². The van der Waals surface area contributed by atoms with E-state index >= 15 is 0 Å². The van der Waals surface area contributed by atoms with Crippen molar-refractivity contribution in [3.63, 3.8) is 0 Å². The number of carbonyl (C=O) groups excluding carboxylic acids is 2. The van der Waals surface area contributed by atoms with Gasteiger partial charge in [0, 0.05) is 33.2 Å². The fraction of sp³-hybridized carbons (Fsp3) is 0.364. The average molecular weight is 490 g/mol. The van der Waals surface area contributed by atoms with Crippen molar-refractivity contribution in [3.8, 4) is 0 Å². The molecule has 162 valence electrons. The lowest BCUT2D eigenvalue weighted by molar-refractivity contribution is -0.140. The van der Waals surface area contributed by atoms with Gasteiger partial charge in [0.25, 0.3) is 0 Å². The van der Waals surface area contributed by atoms with Gasteiger partial charge in [-0.3, -0.25) is 9.59 Å². The Morgan fingerprint density at radius 2 is 1.67 bits per heavy atom. The van der Waals surface area contributed by atoms with Gasteiger partial charge in [0.2, 0.25) is 11.8 Å². The molecule has 2 aromatic carbocycles. The summed E-state index contributed by atoms with van der Waals surface area (Å²) >= 11 is 24.8.